The van der Waals surface area contributed by atoms with Gasteiger partial charge in [-0.05, 0) is 35.6 Å². The number of benzene rings is 2. The summed E-state index contributed by atoms with van der Waals surface area (Å²) in [5.74, 6) is -0.749. The van der Waals surface area contributed by atoms with Gasteiger partial charge in [-0.25, -0.2) is 0 Å². The van der Waals surface area contributed by atoms with E-state index in [-0.39, 0.29) is 24.0 Å². The van der Waals surface area contributed by atoms with Crippen molar-refractivity contribution in [3.63, 3.8) is 0 Å². The molecule has 0 fully saturated rings. The summed E-state index contributed by atoms with van der Waals surface area (Å²) < 4.78 is 5.33. The van der Waals surface area contributed by atoms with E-state index in [4.69, 9.17) is 4.74 Å². The van der Waals surface area contributed by atoms with Crippen molar-refractivity contribution in [3.05, 3.63) is 71.3 Å². The maximum Gasteiger partial charge on any atom is 0.326 e. The molecule has 0 aliphatic carbocycles. The molecule has 0 heterocycles. The van der Waals surface area contributed by atoms with Crippen molar-refractivity contribution in [2.24, 2.45) is 0 Å². The van der Waals surface area contributed by atoms with Crippen molar-refractivity contribution < 1.29 is 14.3 Å². The van der Waals surface area contributed by atoms with Gasteiger partial charge in [0.2, 0.25) is 0 Å². The maximum atomic E-state index is 12.1. The van der Waals surface area contributed by atoms with Crippen LogP contribution in [0, 0.1) is 0 Å². The van der Waals surface area contributed by atoms with Crippen molar-refractivity contribution in [3.8, 4) is 0 Å². The van der Waals surface area contributed by atoms with E-state index in [0.29, 0.717) is 5.56 Å². The Bertz CT molecular complexity index is 715. The molecule has 0 saturated heterocycles. The molecule has 2 aromatic rings. The number of ether oxygens (including phenoxy) is 1. The molecule has 0 bridgehead atoms. The summed E-state index contributed by atoms with van der Waals surface area (Å²) in [5, 5.41) is 2.60. The molecule has 0 saturated carbocycles. The van der Waals surface area contributed by atoms with Crippen LogP contribution in [0.5, 0.6) is 0 Å². The minimum absolute atomic E-state index is 0.0341. The Morgan fingerprint density at radius 1 is 1.00 bits per heavy atom. The van der Waals surface area contributed by atoms with Gasteiger partial charge in [0.05, 0.1) is 0 Å². The highest BCUT2D eigenvalue weighted by atomic mass is 16.5. The first-order valence-electron chi connectivity index (χ1n) is 8.40. The maximum absolute atomic E-state index is 12.1. The van der Waals surface area contributed by atoms with E-state index in [9.17, 15) is 9.59 Å². The molecular formula is C21H25NO3. The number of carbonyl (C=O) groups is 2. The van der Waals surface area contributed by atoms with Crippen molar-refractivity contribution in [1.82, 2.24) is 5.32 Å². The first kappa shape index (κ1) is 18.7. The second kappa shape index (κ2) is 7.97. The van der Waals surface area contributed by atoms with Crippen molar-refractivity contribution >= 4 is 11.9 Å². The van der Waals surface area contributed by atoms with Gasteiger partial charge < -0.3 is 10.1 Å². The molecule has 0 aliphatic heterocycles. The van der Waals surface area contributed by atoms with Gasteiger partial charge in [0.15, 0.2) is 0 Å². The smallest absolute Gasteiger partial charge is 0.326 e. The molecule has 4 nitrogen and oxygen atoms in total. The Balaban J connectivity index is 1.86. The number of hydrogen-bond acceptors (Lipinski definition) is 3. The SMILES string of the molecule is C[C@H](OC(=O)CNC(=O)c1ccc(C(C)(C)C)cc1)c1ccccc1. The van der Waals surface area contributed by atoms with Gasteiger partial charge >= 0.3 is 5.97 Å². The first-order valence-corrected chi connectivity index (χ1v) is 8.40. The summed E-state index contributed by atoms with van der Waals surface area (Å²) in [6, 6.07) is 16.9. The number of hydrogen-bond donors (Lipinski definition) is 1. The van der Waals surface area contributed by atoms with Gasteiger partial charge in [-0.15, -0.1) is 0 Å². The third-order valence-electron chi connectivity index (χ3n) is 3.98. The van der Waals surface area contributed by atoms with E-state index in [1.165, 1.54) is 0 Å². The highest BCUT2D eigenvalue weighted by Crippen LogP contribution is 2.22. The Morgan fingerprint density at radius 3 is 2.16 bits per heavy atom. The number of nitrogens with one attached hydrogen (secondary N) is 1. The monoisotopic (exact) mass is 339 g/mol. The lowest BCUT2D eigenvalue weighted by molar-refractivity contribution is -0.147. The second-order valence-corrected chi connectivity index (χ2v) is 7.05. The molecule has 1 N–H and O–H groups in total. The van der Waals surface area contributed by atoms with Crippen LogP contribution in [0.3, 0.4) is 0 Å². The van der Waals surface area contributed by atoms with Crippen LogP contribution in [0.4, 0.5) is 0 Å². The molecular weight excluding hydrogens is 314 g/mol. The highest BCUT2D eigenvalue weighted by Gasteiger charge is 2.16. The average molecular weight is 339 g/mol. The van der Waals surface area contributed by atoms with Gasteiger partial charge in [-0.3, -0.25) is 9.59 Å². The standard InChI is InChI=1S/C21H25NO3/c1-15(16-8-6-5-7-9-16)25-19(23)14-22-20(24)17-10-12-18(13-11-17)21(2,3)4/h5-13,15H,14H2,1-4H3,(H,22,24)/t15-/m0/s1. The third-order valence-corrected chi connectivity index (χ3v) is 3.98. The van der Waals surface area contributed by atoms with E-state index < -0.39 is 5.97 Å². The lowest BCUT2D eigenvalue weighted by atomic mass is 9.87. The Hall–Kier alpha value is -2.62. The normalized spacial score (nSPS) is 12.3. The minimum atomic E-state index is -0.462. The van der Waals surface area contributed by atoms with Gasteiger partial charge in [0.25, 0.3) is 5.91 Å². The van der Waals surface area contributed by atoms with Crippen LogP contribution in [0.25, 0.3) is 0 Å². The van der Waals surface area contributed by atoms with Gasteiger partial charge in [-0.2, -0.15) is 0 Å². The molecule has 25 heavy (non-hydrogen) atoms. The topological polar surface area (TPSA) is 55.4 Å². The largest absolute Gasteiger partial charge is 0.456 e. The van der Waals surface area contributed by atoms with E-state index in [1.54, 1.807) is 19.1 Å². The predicted molar refractivity (Wildman–Crippen MR) is 98.4 cm³/mol. The molecule has 1 atom stereocenters. The number of carbonyl (C=O) groups excluding carboxylic acids is 2. The van der Waals surface area contributed by atoms with E-state index in [0.717, 1.165) is 11.1 Å². The summed E-state index contributed by atoms with van der Waals surface area (Å²) in [4.78, 5) is 24.1. The fourth-order valence-corrected chi connectivity index (χ4v) is 2.41. The number of rotatable bonds is 5. The van der Waals surface area contributed by atoms with Gasteiger partial charge in [0, 0.05) is 5.56 Å². The molecule has 0 spiro atoms. The third kappa shape index (κ3) is 5.45. The van der Waals surface area contributed by atoms with Crippen LogP contribution in [-0.2, 0) is 14.9 Å². The van der Waals surface area contributed by atoms with Crippen LogP contribution in [0.2, 0.25) is 0 Å². The van der Waals surface area contributed by atoms with Crippen LogP contribution >= 0.6 is 0 Å². The number of esters is 1. The zero-order valence-electron chi connectivity index (χ0n) is 15.2. The lowest BCUT2D eigenvalue weighted by Crippen LogP contribution is -2.31. The van der Waals surface area contributed by atoms with E-state index >= 15 is 0 Å². The summed E-state index contributed by atoms with van der Waals surface area (Å²) >= 11 is 0. The molecule has 0 unspecified atom stereocenters. The Labute approximate surface area is 149 Å². The summed E-state index contributed by atoms with van der Waals surface area (Å²) in [6.07, 6.45) is -0.350. The predicted octanol–water partition coefficient (Wildman–Crippen LogP) is 4.02. The first-order chi connectivity index (χ1) is 11.8. The van der Waals surface area contributed by atoms with Crippen LogP contribution in [0.15, 0.2) is 54.6 Å². The zero-order chi connectivity index (χ0) is 18.4. The molecule has 4 heteroatoms. The average Bonchev–Trinajstić information content (AvgIpc) is 2.59. The fraction of sp³-hybridized carbons (Fsp3) is 0.333. The molecule has 2 aromatic carbocycles. The summed E-state index contributed by atoms with van der Waals surface area (Å²) in [5.41, 5.74) is 2.63. The molecule has 132 valence electrons. The quantitative estimate of drug-likeness (QED) is 0.837. The molecule has 1 amide bonds. The van der Waals surface area contributed by atoms with Gasteiger partial charge in [-0.1, -0.05) is 63.2 Å². The van der Waals surface area contributed by atoms with Crippen LogP contribution in [0.1, 0.15) is 55.3 Å². The number of amides is 1. The van der Waals surface area contributed by atoms with Crippen molar-refractivity contribution in [1.29, 1.82) is 0 Å². The zero-order valence-corrected chi connectivity index (χ0v) is 15.2. The Kier molecular flexibility index (Phi) is 5.97. The Morgan fingerprint density at radius 2 is 1.60 bits per heavy atom. The molecule has 0 aliphatic rings. The molecule has 2 rings (SSSR count). The molecule has 0 radical (unpaired) electrons. The van der Waals surface area contributed by atoms with Gasteiger partial charge in [0.1, 0.15) is 12.6 Å². The summed E-state index contributed by atoms with van der Waals surface area (Å²) in [7, 11) is 0. The van der Waals surface area contributed by atoms with Crippen LogP contribution < -0.4 is 5.32 Å². The van der Waals surface area contributed by atoms with Crippen molar-refractivity contribution in [2.75, 3.05) is 6.54 Å². The lowest BCUT2D eigenvalue weighted by Gasteiger charge is -2.19. The second-order valence-electron chi connectivity index (χ2n) is 7.05. The summed E-state index contributed by atoms with van der Waals surface area (Å²) in [6.45, 7) is 8.00. The molecule has 0 aromatic heterocycles. The van der Waals surface area contributed by atoms with Crippen LogP contribution in [-0.4, -0.2) is 18.4 Å². The van der Waals surface area contributed by atoms with E-state index in [1.807, 2.05) is 42.5 Å². The van der Waals surface area contributed by atoms with Crippen molar-refractivity contribution in [2.45, 2.75) is 39.2 Å². The van der Waals surface area contributed by atoms with E-state index in [2.05, 4.69) is 26.1 Å². The highest BCUT2D eigenvalue weighted by molar-refractivity contribution is 5.95. The minimum Gasteiger partial charge on any atom is -0.456 e. The fourth-order valence-electron chi connectivity index (χ4n) is 2.41.